The molecule has 0 amide bonds. The second-order valence-corrected chi connectivity index (χ2v) is 3.15. The third-order valence-corrected chi connectivity index (χ3v) is 1.79. The number of carbonyl (C=O) groups excluding carboxylic acids is 1. The molecule has 1 rings (SSSR count). The summed E-state index contributed by atoms with van der Waals surface area (Å²) in [7, 11) is 0. The van der Waals surface area contributed by atoms with Gasteiger partial charge in [-0.1, -0.05) is 11.6 Å². The molecule has 1 heterocycles. The zero-order chi connectivity index (χ0) is 12.3. The number of pyridine rings is 1. The highest BCUT2D eigenvalue weighted by Gasteiger charge is 2.36. The number of carbonyl (C=O) groups is 1. The van der Waals surface area contributed by atoms with Gasteiger partial charge in [-0.3, -0.25) is 4.79 Å². The van der Waals surface area contributed by atoms with Crippen molar-refractivity contribution in [2.45, 2.75) is 6.18 Å². The number of allylic oxidation sites excluding steroid dienone is 1. The first-order chi connectivity index (χ1) is 7.30. The molecule has 0 aliphatic rings. The van der Waals surface area contributed by atoms with Crippen LogP contribution in [-0.2, 0) is 4.79 Å². The average Bonchev–Trinajstić information content (AvgIpc) is 2.17. The van der Waals surface area contributed by atoms with E-state index in [1.165, 1.54) is 12.1 Å². The molecule has 0 aromatic carbocycles. The summed E-state index contributed by atoms with van der Waals surface area (Å²) >= 11 is 5.44. The van der Waals surface area contributed by atoms with Gasteiger partial charge < -0.3 is 5.11 Å². The molecule has 3 nitrogen and oxygen atoms in total. The Labute approximate surface area is 93.2 Å². The van der Waals surface area contributed by atoms with E-state index in [-0.39, 0.29) is 16.8 Å². The van der Waals surface area contributed by atoms with Gasteiger partial charge in [-0.05, 0) is 12.1 Å². The maximum absolute atomic E-state index is 11.8. The Bertz CT molecular complexity index is 425. The van der Waals surface area contributed by atoms with Crippen molar-refractivity contribution in [2.24, 2.45) is 0 Å². The fourth-order valence-corrected chi connectivity index (χ4v) is 0.928. The molecule has 0 atom stereocenters. The zero-order valence-electron chi connectivity index (χ0n) is 7.62. The van der Waals surface area contributed by atoms with Crippen molar-refractivity contribution in [3.8, 4) is 0 Å². The number of hydrogen-bond donors (Lipinski definition) is 1. The van der Waals surface area contributed by atoms with Gasteiger partial charge in [0.2, 0.25) is 0 Å². The number of ketones is 1. The molecule has 0 spiro atoms. The van der Waals surface area contributed by atoms with Gasteiger partial charge in [-0.25, -0.2) is 4.98 Å². The molecule has 1 aromatic heterocycles. The quantitative estimate of drug-likeness (QED) is 0.499. The summed E-state index contributed by atoms with van der Waals surface area (Å²) in [5.74, 6) is -2.95. The predicted octanol–water partition coefficient (Wildman–Crippen LogP) is 2.77. The van der Waals surface area contributed by atoms with Gasteiger partial charge in [-0.2, -0.15) is 13.2 Å². The topological polar surface area (TPSA) is 50.2 Å². The molecule has 0 bridgehead atoms. The molecular weight excluding hydrogens is 247 g/mol. The van der Waals surface area contributed by atoms with Gasteiger partial charge in [0.1, 0.15) is 10.9 Å². The summed E-state index contributed by atoms with van der Waals surface area (Å²) in [6.07, 6.45) is -3.86. The molecule has 86 valence electrons. The summed E-state index contributed by atoms with van der Waals surface area (Å²) in [6.45, 7) is 0. The average molecular weight is 252 g/mol. The van der Waals surface area contributed by atoms with Crippen molar-refractivity contribution in [1.82, 2.24) is 4.98 Å². The Morgan fingerprint density at radius 3 is 2.50 bits per heavy atom. The summed E-state index contributed by atoms with van der Waals surface area (Å²) < 4.78 is 35.5. The molecule has 1 N–H and O–H groups in total. The second kappa shape index (κ2) is 4.52. The standard InChI is InChI=1S/C9H5ClF3NO2/c10-8-2-1-5(4-14-8)6(15)3-7(16)9(11,12)13/h1-4,15H. The molecule has 0 saturated heterocycles. The van der Waals surface area contributed by atoms with Crippen LogP contribution < -0.4 is 0 Å². The Hall–Kier alpha value is -1.56. The number of rotatable bonds is 2. The van der Waals surface area contributed by atoms with Gasteiger partial charge in [0.25, 0.3) is 5.78 Å². The number of hydrogen-bond acceptors (Lipinski definition) is 3. The van der Waals surface area contributed by atoms with E-state index < -0.39 is 17.7 Å². The van der Waals surface area contributed by atoms with E-state index in [1.807, 2.05) is 0 Å². The van der Waals surface area contributed by atoms with E-state index in [0.29, 0.717) is 0 Å². The summed E-state index contributed by atoms with van der Waals surface area (Å²) in [6, 6.07) is 2.52. The summed E-state index contributed by atoms with van der Waals surface area (Å²) in [5.41, 5.74) is -0.0259. The highest BCUT2D eigenvalue weighted by molar-refractivity contribution is 6.29. The van der Waals surface area contributed by atoms with Crippen LogP contribution in [0.1, 0.15) is 5.56 Å². The number of aliphatic hydroxyl groups is 1. The zero-order valence-corrected chi connectivity index (χ0v) is 8.38. The summed E-state index contributed by atoms with van der Waals surface area (Å²) in [4.78, 5) is 14.0. The molecule has 1 aromatic rings. The molecule has 0 radical (unpaired) electrons. The van der Waals surface area contributed by atoms with E-state index >= 15 is 0 Å². The minimum atomic E-state index is -5.01. The smallest absolute Gasteiger partial charge is 0.454 e. The Kier molecular flexibility index (Phi) is 3.54. The second-order valence-electron chi connectivity index (χ2n) is 2.76. The van der Waals surface area contributed by atoms with Gasteiger partial charge in [-0.15, -0.1) is 0 Å². The van der Waals surface area contributed by atoms with Crippen molar-refractivity contribution in [1.29, 1.82) is 0 Å². The molecule has 0 aliphatic heterocycles. The lowest BCUT2D eigenvalue weighted by Gasteiger charge is -2.02. The predicted molar refractivity (Wildman–Crippen MR) is 50.9 cm³/mol. The van der Waals surface area contributed by atoms with E-state index in [1.54, 1.807) is 0 Å². The fourth-order valence-electron chi connectivity index (χ4n) is 0.817. The molecule has 16 heavy (non-hydrogen) atoms. The van der Waals surface area contributed by atoms with Crippen LogP contribution in [0, 0.1) is 0 Å². The molecule has 0 saturated carbocycles. The van der Waals surface area contributed by atoms with Crippen molar-refractivity contribution < 1.29 is 23.1 Å². The van der Waals surface area contributed by atoms with E-state index in [9.17, 15) is 23.1 Å². The first-order valence-electron chi connectivity index (χ1n) is 3.94. The van der Waals surface area contributed by atoms with Gasteiger partial charge in [0, 0.05) is 17.8 Å². The first kappa shape index (κ1) is 12.5. The minimum Gasteiger partial charge on any atom is -0.507 e. The van der Waals surface area contributed by atoms with E-state index in [0.717, 1.165) is 6.20 Å². The Morgan fingerprint density at radius 2 is 2.06 bits per heavy atom. The summed E-state index contributed by atoms with van der Waals surface area (Å²) in [5, 5.41) is 9.33. The van der Waals surface area contributed by atoms with Crippen LogP contribution in [0.25, 0.3) is 5.76 Å². The van der Waals surface area contributed by atoms with Crippen LogP contribution in [0.2, 0.25) is 5.15 Å². The van der Waals surface area contributed by atoms with Gasteiger partial charge in [0.05, 0.1) is 0 Å². The molecule has 0 unspecified atom stereocenters. The first-order valence-corrected chi connectivity index (χ1v) is 4.32. The van der Waals surface area contributed by atoms with Crippen LogP contribution >= 0.6 is 11.6 Å². The third-order valence-electron chi connectivity index (χ3n) is 1.57. The van der Waals surface area contributed by atoms with Gasteiger partial charge in [0.15, 0.2) is 0 Å². The Balaban J connectivity index is 2.94. The SMILES string of the molecule is O=C(C=C(O)c1ccc(Cl)nc1)C(F)(F)F. The van der Waals surface area contributed by atoms with Crippen LogP contribution in [0.3, 0.4) is 0 Å². The highest BCUT2D eigenvalue weighted by Crippen LogP contribution is 2.19. The lowest BCUT2D eigenvalue weighted by atomic mass is 10.2. The van der Waals surface area contributed by atoms with E-state index in [4.69, 9.17) is 11.6 Å². The molecule has 0 aliphatic carbocycles. The van der Waals surface area contributed by atoms with Crippen molar-refractivity contribution in [3.63, 3.8) is 0 Å². The lowest BCUT2D eigenvalue weighted by molar-refractivity contribution is -0.165. The van der Waals surface area contributed by atoms with Crippen LogP contribution in [-0.4, -0.2) is 22.1 Å². The van der Waals surface area contributed by atoms with Crippen LogP contribution in [0.5, 0.6) is 0 Å². The molecular formula is C9H5ClF3NO2. The van der Waals surface area contributed by atoms with Crippen LogP contribution in [0.15, 0.2) is 24.4 Å². The number of nitrogens with zero attached hydrogens (tertiary/aromatic N) is 1. The minimum absolute atomic E-state index is 0.0259. The normalized spacial score (nSPS) is 12.6. The number of halogens is 4. The maximum atomic E-state index is 11.8. The number of aliphatic hydroxyl groups excluding tert-OH is 1. The maximum Gasteiger partial charge on any atom is 0.454 e. The molecule has 0 fully saturated rings. The molecule has 7 heteroatoms. The van der Waals surface area contributed by atoms with Crippen molar-refractivity contribution >= 4 is 23.1 Å². The van der Waals surface area contributed by atoms with Crippen molar-refractivity contribution in [2.75, 3.05) is 0 Å². The fraction of sp³-hybridized carbons (Fsp3) is 0.111. The monoisotopic (exact) mass is 251 g/mol. The highest BCUT2D eigenvalue weighted by atomic mass is 35.5. The van der Waals surface area contributed by atoms with Crippen molar-refractivity contribution in [3.05, 3.63) is 35.1 Å². The lowest BCUT2D eigenvalue weighted by Crippen LogP contribution is -2.20. The van der Waals surface area contributed by atoms with E-state index in [2.05, 4.69) is 4.98 Å². The number of alkyl halides is 3. The Morgan fingerprint density at radius 1 is 1.44 bits per heavy atom. The van der Waals surface area contributed by atoms with Gasteiger partial charge >= 0.3 is 6.18 Å². The third kappa shape index (κ3) is 3.23. The largest absolute Gasteiger partial charge is 0.507 e. The van der Waals surface area contributed by atoms with Crippen LogP contribution in [0.4, 0.5) is 13.2 Å². The number of aromatic nitrogens is 1.